The molecule has 1 aromatic heterocycles. The lowest BCUT2D eigenvalue weighted by molar-refractivity contribution is -0.131. The van der Waals surface area contributed by atoms with Crippen LogP contribution in [0.3, 0.4) is 0 Å². The second-order valence-electron chi connectivity index (χ2n) is 6.21. The zero-order chi connectivity index (χ0) is 18.3. The van der Waals surface area contributed by atoms with Crippen LogP contribution in [0.2, 0.25) is 0 Å². The molecule has 1 saturated heterocycles. The predicted molar refractivity (Wildman–Crippen MR) is 97.2 cm³/mol. The van der Waals surface area contributed by atoms with Crippen LogP contribution in [0.4, 0.5) is 4.79 Å². The maximum absolute atomic E-state index is 13.0. The highest BCUT2D eigenvalue weighted by molar-refractivity contribution is 7.18. The number of para-hydroxylation sites is 1. The smallest absolute Gasteiger partial charge is 0.319 e. The summed E-state index contributed by atoms with van der Waals surface area (Å²) >= 11 is 1.47. The molecule has 6 nitrogen and oxygen atoms in total. The van der Waals surface area contributed by atoms with Crippen molar-refractivity contribution in [2.75, 3.05) is 0 Å². The lowest BCUT2D eigenvalue weighted by atomic mass is 9.91. The topological polar surface area (TPSA) is 86.1 Å². The van der Waals surface area contributed by atoms with Gasteiger partial charge < -0.3 is 5.32 Å². The molecule has 0 spiro atoms. The number of aromatic nitrogens is 1. The van der Waals surface area contributed by atoms with Gasteiger partial charge in [-0.3, -0.25) is 9.69 Å². The van der Waals surface area contributed by atoms with Gasteiger partial charge in [-0.2, -0.15) is 5.26 Å². The number of carbonyl (C=O) groups excluding carboxylic acids is 2. The first kappa shape index (κ1) is 16.2. The maximum Gasteiger partial charge on any atom is 0.325 e. The monoisotopic (exact) mass is 362 g/mol. The predicted octanol–water partition coefficient (Wildman–Crippen LogP) is 3.14. The van der Waals surface area contributed by atoms with E-state index in [4.69, 9.17) is 5.26 Å². The molecule has 0 saturated carbocycles. The number of benzene rings is 2. The van der Waals surface area contributed by atoms with E-state index < -0.39 is 11.6 Å². The Hall–Kier alpha value is -3.24. The summed E-state index contributed by atoms with van der Waals surface area (Å²) in [5.41, 5.74) is 0.846. The Morgan fingerprint density at radius 3 is 2.62 bits per heavy atom. The number of urea groups is 1. The van der Waals surface area contributed by atoms with Crippen molar-refractivity contribution >= 4 is 33.5 Å². The van der Waals surface area contributed by atoms with E-state index in [0.717, 1.165) is 10.2 Å². The summed E-state index contributed by atoms with van der Waals surface area (Å²) < 4.78 is 1.02. The molecule has 1 atom stereocenters. The fraction of sp³-hybridized carbons (Fsp3) is 0.158. The highest BCUT2D eigenvalue weighted by Crippen LogP contribution is 2.31. The number of fused-ring (bicyclic) bond motifs is 1. The minimum Gasteiger partial charge on any atom is -0.319 e. The summed E-state index contributed by atoms with van der Waals surface area (Å²) in [5, 5.41) is 12.4. The fourth-order valence-electron chi connectivity index (χ4n) is 3.04. The summed E-state index contributed by atoms with van der Waals surface area (Å²) in [7, 11) is 0. The van der Waals surface area contributed by atoms with E-state index in [2.05, 4.69) is 10.3 Å². The molecule has 2 aromatic carbocycles. The highest BCUT2D eigenvalue weighted by atomic mass is 32.1. The van der Waals surface area contributed by atoms with Crippen molar-refractivity contribution in [2.24, 2.45) is 0 Å². The van der Waals surface area contributed by atoms with Crippen molar-refractivity contribution in [3.8, 4) is 6.07 Å². The van der Waals surface area contributed by atoms with Crippen molar-refractivity contribution in [3.05, 3.63) is 64.7 Å². The number of rotatable bonds is 3. The van der Waals surface area contributed by atoms with Crippen LogP contribution in [0.25, 0.3) is 10.2 Å². The van der Waals surface area contributed by atoms with E-state index in [1.807, 2.05) is 30.3 Å². The number of nitrogens with zero attached hydrogens (tertiary/aromatic N) is 3. The van der Waals surface area contributed by atoms with Gasteiger partial charge in [0.25, 0.3) is 5.91 Å². The number of carbonyl (C=O) groups is 2. The quantitative estimate of drug-likeness (QED) is 0.725. The third-order valence-electron chi connectivity index (χ3n) is 4.50. The number of nitriles is 1. The molecule has 3 amide bonds. The Morgan fingerprint density at radius 2 is 1.92 bits per heavy atom. The molecule has 0 aliphatic carbocycles. The summed E-state index contributed by atoms with van der Waals surface area (Å²) in [6.07, 6.45) is 0. The van der Waals surface area contributed by atoms with Gasteiger partial charge in [-0.1, -0.05) is 24.3 Å². The average Bonchev–Trinajstić information content (AvgIpc) is 3.16. The molecule has 26 heavy (non-hydrogen) atoms. The van der Waals surface area contributed by atoms with E-state index in [-0.39, 0.29) is 12.5 Å². The number of nitrogens with one attached hydrogen (secondary N) is 1. The number of thiazole rings is 1. The van der Waals surface area contributed by atoms with Crippen LogP contribution in [0.5, 0.6) is 0 Å². The van der Waals surface area contributed by atoms with Crippen molar-refractivity contribution in [1.82, 2.24) is 15.2 Å². The Kier molecular flexibility index (Phi) is 3.71. The third-order valence-corrected chi connectivity index (χ3v) is 5.52. The Labute approximate surface area is 153 Å². The highest BCUT2D eigenvalue weighted by Gasteiger charge is 2.49. The zero-order valence-corrected chi connectivity index (χ0v) is 14.7. The Balaban J connectivity index is 1.63. The lowest BCUT2D eigenvalue weighted by Crippen LogP contribution is -2.40. The second kappa shape index (κ2) is 5.93. The van der Waals surface area contributed by atoms with Crippen molar-refractivity contribution in [3.63, 3.8) is 0 Å². The normalized spacial score (nSPS) is 19.6. The van der Waals surface area contributed by atoms with Crippen LogP contribution in [0, 0.1) is 11.3 Å². The Bertz CT molecular complexity index is 1030. The van der Waals surface area contributed by atoms with Crippen LogP contribution < -0.4 is 5.32 Å². The molecule has 1 fully saturated rings. The summed E-state index contributed by atoms with van der Waals surface area (Å²) in [6, 6.07) is 16.0. The average molecular weight is 362 g/mol. The molecule has 1 aliphatic heterocycles. The zero-order valence-electron chi connectivity index (χ0n) is 13.9. The molecule has 7 heteroatoms. The standard InChI is InChI=1S/C19H14N4O2S/c1-19(13-8-6-12(10-20)7-9-13)17(24)23(18(25)22-19)11-16-21-14-4-2-3-5-15(14)26-16/h2-9H,11H2,1H3,(H,22,25)/t19-/m0/s1. The van der Waals surface area contributed by atoms with Gasteiger partial charge in [-0.15, -0.1) is 11.3 Å². The SMILES string of the molecule is C[C@@]1(c2ccc(C#N)cc2)NC(=O)N(Cc2nc3ccccc3s2)C1=O. The molecule has 128 valence electrons. The van der Waals surface area contributed by atoms with Crippen molar-refractivity contribution < 1.29 is 9.59 Å². The largest absolute Gasteiger partial charge is 0.325 e. The number of hydrogen-bond acceptors (Lipinski definition) is 5. The van der Waals surface area contributed by atoms with Gasteiger partial charge in [0.1, 0.15) is 10.5 Å². The maximum atomic E-state index is 13.0. The van der Waals surface area contributed by atoms with Gasteiger partial charge in [0.05, 0.1) is 28.4 Å². The van der Waals surface area contributed by atoms with Crippen molar-refractivity contribution in [2.45, 2.75) is 19.0 Å². The number of amides is 3. The number of imide groups is 1. The molecule has 2 heterocycles. The first-order chi connectivity index (χ1) is 12.5. The van der Waals surface area contributed by atoms with Crippen LogP contribution in [-0.4, -0.2) is 21.8 Å². The molecular weight excluding hydrogens is 348 g/mol. The fourth-order valence-corrected chi connectivity index (χ4v) is 3.99. The third kappa shape index (κ3) is 2.52. The van der Waals surface area contributed by atoms with E-state index >= 15 is 0 Å². The van der Waals surface area contributed by atoms with Crippen LogP contribution in [0.15, 0.2) is 48.5 Å². The van der Waals surface area contributed by atoms with Gasteiger partial charge in [-0.05, 0) is 36.8 Å². The summed E-state index contributed by atoms with van der Waals surface area (Å²) in [6.45, 7) is 1.81. The van der Waals surface area contributed by atoms with Crippen LogP contribution in [-0.2, 0) is 16.9 Å². The lowest BCUT2D eigenvalue weighted by Gasteiger charge is -2.22. The molecule has 0 unspecified atom stereocenters. The first-order valence-corrected chi connectivity index (χ1v) is 8.82. The van der Waals surface area contributed by atoms with Gasteiger partial charge in [0, 0.05) is 0 Å². The second-order valence-corrected chi connectivity index (χ2v) is 7.33. The molecule has 1 aliphatic rings. The number of hydrogen-bond donors (Lipinski definition) is 1. The van der Waals surface area contributed by atoms with E-state index in [0.29, 0.717) is 16.1 Å². The van der Waals surface area contributed by atoms with Crippen LogP contribution in [0.1, 0.15) is 23.1 Å². The summed E-state index contributed by atoms with van der Waals surface area (Å²) in [4.78, 5) is 31.1. The van der Waals surface area contributed by atoms with E-state index in [9.17, 15) is 9.59 Å². The Morgan fingerprint density at radius 1 is 1.19 bits per heavy atom. The van der Waals surface area contributed by atoms with E-state index in [1.54, 1.807) is 31.2 Å². The summed E-state index contributed by atoms with van der Waals surface area (Å²) in [5.74, 6) is -0.327. The molecule has 3 aromatic rings. The minimum atomic E-state index is -1.15. The molecule has 4 rings (SSSR count). The van der Waals surface area contributed by atoms with Gasteiger partial charge in [-0.25, -0.2) is 9.78 Å². The van der Waals surface area contributed by atoms with Gasteiger partial charge in [0.2, 0.25) is 0 Å². The van der Waals surface area contributed by atoms with Gasteiger partial charge >= 0.3 is 6.03 Å². The molecule has 0 bridgehead atoms. The van der Waals surface area contributed by atoms with E-state index in [1.165, 1.54) is 16.2 Å². The minimum absolute atomic E-state index is 0.135. The van der Waals surface area contributed by atoms with Gasteiger partial charge in [0.15, 0.2) is 0 Å². The molecule has 0 radical (unpaired) electrons. The van der Waals surface area contributed by atoms with Crippen LogP contribution >= 0.6 is 11.3 Å². The van der Waals surface area contributed by atoms with Crippen molar-refractivity contribution in [1.29, 1.82) is 5.26 Å². The molecule has 1 N–H and O–H groups in total. The molecular formula is C19H14N4O2S. The first-order valence-electron chi connectivity index (χ1n) is 8.00.